The first-order valence-electron chi connectivity index (χ1n) is 6.94. The topological polar surface area (TPSA) is 41.3 Å². The minimum Gasteiger partial charge on any atom is -0.411 e. The van der Waals surface area contributed by atoms with Gasteiger partial charge < -0.3 is 5.21 Å². The van der Waals surface area contributed by atoms with E-state index in [-0.39, 0.29) is 0 Å². The second-order valence-corrected chi connectivity index (χ2v) is 6.72. The van der Waals surface area contributed by atoms with E-state index >= 15 is 0 Å². The monoisotopic (exact) mass is 287 g/mol. The predicted molar refractivity (Wildman–Crippen MR) is 84.7 cm³/mol. The highest BCUT2D eigenvalue weighted by Gasteiger charge is 2.34. The van der Waals surface area contributed by atoms with Crippen LogP contribution in [0.3, 0.4) is 0 Å². The van der Waals surface area contributed by atoms with Crippen molar-refractivity contribution in [3.05, 3.63) is 23.9 Å². The van der Waals surface area contributed by atoms with Crippen molar-refractivity contribution in [2.75, 3.05) is 13.1 Å². The van der Waals surface area contributed by atoms with Gasteiger partial charge in [-0.05, 0) is 17.9 Å². The molecule has 1 saturated heterocycles. The zero-order valence-corrected chi connectivity index (χ0v) is 13.0. The molecule has 1 aliphatic heterocycles. The molecule has 0 aliphatic carbocycles. The molecule has 0 saturated carbocycles. The number of fused-ring (bicyclic) bond motifs is 1. The molecule has 0 amide bonds. The molecule has 4 nitrogen and oxygen atoms in total. The molecule has 6 heteroatoms. The number of rotatable bonds is 1. The normalized spacial score (nSPS) is 28.1. The number of aromatic nitrogens is 2. The molecule has 1 fully saturated rings. The van der Waals surface area contributed by atoms with Crippen molar-refractivity contribution < 1.29 is 5.21 Å². The third-order valence-corrected chi connectivity index (χ3v) is 4.72. The second-order valence-electron chi connectivity index (χ2n) is 5.99. The lowest BCUT2D eigenvalue weighted by Crippen LogP contribution is -2.38. The third kappa shape index (κ3) is 2.23. The summed E-state index contributed by atoms with van der Waals surface area (Å²) < 4.78 is 2.28. The van der Waals surface area contributed by atoms with Gasteiger partial charge in [0, 0.05) is 24.4 Å². The molecule has 1 N–H and O–H groups in total. The highest BCUT2D eigenvalue weighted by Crippen LogP contribution is 2.39. The number of hydrogen-bond donors (Lipinski definition) is 1. The average molecular weight is 287 g/mol. The molecule has 1 aromatic heterocycles. The zero-order valence-electron chi connectivity index (χ0n) is 11.8. The van der Waals surface area contributed by atoms with Gasteiger partial charge in [-0.15, -0.1) is 9.94 Å². The van der Waals surface area contributed by atoms with Crippen molar-refractivity contribution in [1.29, 1.82) is 0 Å². The summed E-state index contributed by atoms with van der Waals surface area (Å²) in [5.74, 6) is 1.30. The van der Waals surface area contributed by atoms with Gasteiger partial charge in [-0.3, -0.25) is 4.67 Å². The third-order valence-electron chi connectivity index (χ3n) is 4.30. The van der Waals surface area contributed by atoms with Crippen molar-refractivity contribution in [3.8, 4) is 0 Å². The summed E-state index contributed by atoms with van der Waals surface area (Å²) in [4.78, 5) is 0.983. The van der Waals surface area contributed by atoms with Gasteiger partial charge in [0.25, 0.3) is 0 Å². The fraction of sp³-hybridized carbons (Fsp3) is 0.500. The van der Waals surface area contributed by atoms with Gasteiger partial charge in [0.15, 0.2) is 0 Å². The number of nitrogens with zero attached hydrogens (tertiary/aromatic N) is 3. The van der Waals surface area contributed by atoms with Crippen LogP contribution in [0.1, 0.15) is 25.5 Å². The van der Waals surface area contributed by atoms with Crippen LogP contribution in [-0.2, 0) is 0 Å². The van der Waals surface area contributed by atoms with Crippen molar-refractivity contribution >= 4 is 33.6 Å². The van der Waals surface area contributed by atoms with Crippen molar-refractivity contribution in [2.24, 2.45) is 11.8 Å². The Hall–Kier alpha value is -1.06. The SMILES string of the molecule is [B]c1ccc2c(c1)c(C1C(C)CN(P)CC1C)nn2O. The first-order chi connectivity index (χ1) is 9.47. The summed E-state index contributed by atoms with van der Waals surface area (Å²) in [6.07, 6.45) is 0. The van der Waals surface area contributed by atoms with Gasteiger partial charge in [0.1, 0.15) is 13.4 Å². The van der Waals surface area contributed by atoms with Gasteiger partial charge >= 0.3 is 0 Å². The van der Waals surface area contributed by atoms with E-state index in [0.717, 1.165) is 34.5 Å². The average Bonchev–Trinajstić information content (AvgIpc) is 2.65. The molecule has 3 atom stereocenters. The Morgan fingerprint density at radius 2 is 1.95 bits per heavy atom. The Labute approximate surface area is 122 Å². The first-order valence-corrected chi connectivity index (χ1v) is 7.46. The summed E-state index contributed by atoms with van der Waals surface area (Å²) in [6.45, 7) is 6.52. The lowest BCUT2D eigenvalue weighted by Gasteiger charge is -2.38. The molecular formula is C14H19BN3OP. The van der Waals surface area contributed by atoms with E-state index < -0.39 is 0 Å². The van der Waals surface area contributed by atoms with Gasteiger partial charge in [0.2, 0.25) is 0 Å². The van der Waals surface area contributed by atoms with Crippen LogP contribution in [0.4, 0.5) is 0 Å². The van der Waals surface area contributed by atoms with E-state index in [1.165, 1.54) is 0 Å². The minimum atomic E-state index is 0.337. The summed E-state index contributed by atoms with van der Waals surface area (Å²) in [7, 11) is 8.68. The van der Waals surface area contributed by atoms with E-state index in [1.807, 2.05) is 12.1 Å². The summed E-state index contributed by atoms with van der Waals surface area (Å²) in [5, 5.41) is 15.3. The maximum absolute atomic E-state index is 9.99. The smallest absolute Gasteiger partial charge is 0.113 e. The summed E-state index contributed by atoms with van der Waals surface area (Å²) in [6, 6.07) is 5.52. The Balaban J connectivity index is 2.11. The van der Waals surface area contributed by atoms with Crippen molar-refractivity contribution in [1.82, 2.24) is 14.6 Å². The van der Waals surface area contributed by atoms with E-state index in [2.05, 4.69) is 33.0 Å². The van der Waals surface area contributed by atoms with Crippen LogP contribution >= 0.6 is 9.39 Å². The molecule has 20 heavy (non-hydrogen) atoms. The van der Waals surface area contributed by atoms with Crippen LogP contribution in [0.2, 0.25) is 0 Å². The lowest BCUT2D eigenvalue weighted by atomic mass is 9.77. The highest BCUT2D eigenvalue weighted by atomic mass is 31.0. The maximum Gasteiger partial charge on any atom is 0.113 e. The number of hydrogen-bond acceptors (Lipinski definition) is 3. The largest absolute Gasteiger partial charge is 0.411 e. The van der Waals surface area contributed by atoms with Crippen LogP contribution < -0.4 is 5.46 Å². The van der Waals surface area contributed by atoms with E-state index in [9.17, 15) is 5.21 Å². The Bertz CT molecular complexity index is 633. The fourth-order valence-corrected chi connectivity index (χ4v) is 4.20. The minimum absolute atomic E-state index is 0.337. The molecule has 0 spiro atoms. The van der Waals surface area contributed by atoms with Gasteiger partial charge in [-0.25, -0.2) is 0 Å². The molecule has 104 valence electrons. The molecule has 1 aromatic carbocycles. The Kier molecular flexibility index (Phi) is 3.51. The Morgan fingerprint density at radius 1 is 1.30 bits per heavy atom. The quantitative estimate of drug-likeness (QED) is 0.491. The fourth-order valence-electron chi connectivity index (χ4n) is 3.53. The molecule has 1 aliphatic rings. The van der Waals surface area contributed by atoms with Crippen molar-refractivity contribution in [2.45, 2.75) is 19.8 Å². The van der Waals surface area contributed by atoms with Crippen LogP contribution in [-0.4, -0.2) is 40.8 Å². The van der Waals surface area contributed by atoms with Crippen LogP contribution in [0.25, 0.3) is 10.9 Å². The van der Waals surface area contributed by atoms with E-state index in [4.69, 9.17) is 7.85 Å². The summed E-state index contributed by atoms with van der Waals surface area (Å²) in [5.41, 5.74) is 2.39. The summed E-state index contributed by atoms with van der Waals surface area (Å²) >= 11 is 0. The van der Waals surface area contributed by atoms with E-state index in [0.29, 0.717) is 23.2 Å². The molecule has 3 unspecified atom stereocenters. The maximum atomic E-state index is 9.99. The van der Waals surface area contributed by atoms with Crippen LogP contribution in [0.5, 0.6) is 0 Å². The number of benzene rings is 1. The standard InChI is InChI=1S/C14H19BN3OP/c1-8-6-17(20)7-9(2)13(8)14-11-5-10(15)3-4-12(11)18(19)16-14/h3-5,8-9,13,19H,6-7,20H2,1-2H3. The second kappa shape index (κ2) is 5.05. The Morgan fingerprint density at radius 3 is 2.60 bits per heavy atom. The lowest BCUT2D eigenvalue weighted by molar-refractivity contribution is 0.150. The van der Waals surface area contributed by atoms with Crippen LogP contribution in [0.15, 0.2) is 18.2 Å². The molecule has 2 heterocycles. The molecule has 3 rings (SSSR count). The van der Waals surface area contributed by atoms with Crippen molar-refractivity contribution in [3.63, 3.8) is 0 Å². The number of piperidine rings is 1. The zero-order chi connectivity index (χ0) is 14.4. The molecule has 2 aromatic rings. The molecule has 2 radical (unpaired) electrons. The predicted octanol–water partition coefficient (Wildman–Crippen LogP) is 1.53. The molecular weight excluding hydrogens is 268 g/mol. The molecule has 0 bridgehead atoms. The van der Waals surface area contributed by atoms with Gasteiger partial charge in [0.05, 0.1) is 5.69 Å². The first kappa shape index (κ1) is 13.9. The van der Waals surface area contributed by atoms with Crippen LogP contribution in [0, 0.1) is 11.8 Å². The van der Waals surface area contributed by atoms with Gasteiger partial charge in [-0.2, -0.15) is 0 Å². The van der Waals surface area contributed by atoms with E-state index in [1.54, 1.807) is 6.07 Å². The highest BCUT2D eigenvalue weighted by molar-refractivity contribution is 7.13. The van der Waals surface area contributed by atoms with Gasteiger partial charge in [-0.1, -0.05) is 40.8 Å².